The van der Waals surface area contributed by atoms with Crippen LogP contribution in [0.4, 0.5) is 13.2 Å². The van der Waals surface area contributed by atoms with Crippen LogP contribution >= 0.6 is 0 Å². The number of nitrogens with one attached hydrogen (secondary N) is 1. The Kier molecular flexibility index (Phi) is 3.36. The molecule has 1 aliphatic heterocycles. The second kappa shape index (κ2) is 4.16. The lowest BCUT2D eigenvalue weighted by atomic mass is 10.1. The fourth-order valence-electron chi connectivity index (χ4n) is 1.57. The van der Waals surface area contributed by atoms with Crippen molar-refractivity contribution in [1.82, 2.24) is 10.2 Å². The number of rotatable bonds is 1. The van der Waals surface area contributed by atoms with E-state index in [-0.39, 0.29) is 5.91 Å². The SMILES string of the molecule is CC(=O)N1CCC(NC(F)(F)F)CC1. The van der Waals surface area contributed by atoms with Crippen molar-refractivity contribution in [2.45, 2.75) is 32.1 Å². The third-order valence-electron chi connectivity index (χ3n) is 2.31. The maximum absolute atomic E-state index is 11.9. The lowest BCUT2D eigenvalue weighted by molar-refractivity contribution is -0.166. The highest BCUT2D eigenvalue weighted by Crippen LogP contribution is 2.17. The molecule has 1 rings (SSSR count). The molecule has 82 valence electrons. The molecule has 0 radical (unpaired) electrons. The van der Waals surface area contributed by atoms with Gasteiger partial charge in [-0.1, -0.05) is 0 Å². The summed E-state index contributed by atoms with van der Waals surface area (Å²) < 4.78 is 35.7. The van der Waals surface area contributed by atoms with E-state index in [2.05, 4.69) is 0 Å². The van der Waals surface area contributed by atoms with Crippen molar-refractivity contribution in [3.05, 3.63) is 0 Å². The summed E-state index contributed by atoms with van der Waals surface area (Å²) in [6.45, 7) is 2.24. The fraction of sp³-hybridized carbons (Fsp3) is 0.875. The molecule has 0 aromatic carbocycles. The number of halogens is 3. The van der Waals surface area contributed by atoms with Crippen LogP contribution in [0, 0.1) is 0 Å². The smallest absolute Gasteiger partial charge is 0.343 e. The third-order valence-corrected chi connectivity index (χ3v) is 2.31. The summed E-state index contributed by atoms with van der Waals surface area (Å²) in [6, 6.07) is -0.550. The molecule has 0 aliphatic carbocycles. The van der Waals surface area contributed by atoms with Gasteiger partial charge < -0.3 is 4.90 Å². The third kappa shape index (κ3) is 3.53. The maximum atomic E-state index is 11.9. The van der Waals surface area contributed by atoms with Crippen molar-refractivity contribution in [3.63, 3.8) is 0 Å². The zero-order valence-electron chi connectivity index (χ0n) is 7.90. The topological polar surface area (TPSA) is 32.3 Å². The normalized spacial score (nSPS) is 19.9. The molecule has 0 spiro atoms. The van der Waals surface area contributed by atoms with Crippen LogP contribution in [0.1, 0.15) is 19.8 Å². The van der Waals surface area contributed by atoms with Gasteiger partial charge in [0.25, 0.3) is 0 Å². The van der Waals surface area contributed by atoms with E-state index in [0.29, 0.717) is 25.9 Å². The van der Waals surface area contributed by atoms with E-state index in [9.17, 15) is 18.0 Å². The molecular weight excluding hydrogens is 197 g/mol. The molecule has 3 nitrogen and oxygen atoms in total. The van der Waals surface area contributed by atoms with Gasteiger partial charge in [-0.05, 0) is 12.8 Å². The molecule has 1 N–H and O–H groups in total. The minimum atomic E-state index is -4.32. The largest absolute Gasteiger partial charge is 0.457 e. The van der Waals surface area contributed by atoms with Gasteiger partial charge in [0.05, 0.1) is 0 Å². The molecule has 0 unspecified atom stereocenters. The van der Waals surface area contributed by atoms with Gasteiger partial charge in [0.1, 0.15) is 0 Å². The predicted molar refractivity (Wildman–Crippen MR) is 44.5 cm³/mol. The zero-order chi connectivity index (χ0) is 10.8. The molecule has 0 bridgehead atoms. The molecule has 1 aliphatic rings. The highest BCUT2D eigenvalue weighted by Gasteiger charge is 2.32. The molecule has 0 atom stereocenters. The Bertz CT molecular complexity index is 209. The van der Waals surface area contributed by atoms with Gasteiger partial charge in [0.2, 0.25) is 5.91 Å². The number of hydrogen-bond acceptors (Lipinski definition) is 2. The Balaban J connectivity index is 2.33. The number of likely N-dealkylation sites (tertiary alicyclic amines) is 1. The first-order chi connectivity index (χ1) is 6.38. The van der Waals surface area contributed by atoms with Crippen LogP contribution in [-0.2, 0) is 4.79 Å². The van der Waals surface area contributed by atoms with Gasteiger partial charge in [-0.3, -0.25) is 4.79 Å². The van der Waals surface area contributed by atoms with Crippen LogP contribution in [-0.4, -0.2) is 36.2 Å². The van der Waals surface area contributed by atoms with E-state index >= 15 is 0 Å². The average Bonchev–Trinajstić information content (AvgIpc) is 2.02. The average molecular weight is 210 g/mol. The number of piperidine rings is 1. The summed E-state index contributed by atoms with van der Waals surface area (Å²) in [5, 5.41) is 1.58. The maximum Gasteiger partial charge on any atom is 0.457 e. The first-order valence-electron chi connectivity index (χ1n) is 4.48. The summed E-state index contributed by atoms with van der Waals surface area (Å²) in [7, 11) is 0. The van der Waals surface area contributed by atoms with E-state index < -0.39 is 12.3 Å². The Morgan fingerprint density at radius 3 is 2.21 bits per heavy atom. The number of carbonyl (C=O) groups is 1. The van der Waals surface area contributed by atoms with E-state index in [1.807, 2.05) is 0 Å². The second-order valence-corrected chi connectivity index (χ2v) is 3.42. The van der Waals surface area contributed by atoms with Gasteiger partial charge in [0, 0.05) is 26.1 Å². The van der Waals surface area contributed by atoms with E-state index in [4.69, 9.17) is 0 Å². The van der Waals surface area contributed by atoms with Crippen molar-refractivity contribution >= 4 is 5.91 Å². The Morgan fingerprint density at radius 1 is 1.36 bits per heavy atom. The standard InChI is InChI=1S/C8H13F3N2O/c1-6(14)13-4-2-7(3-5-13)12-8(9,10)11/h7,12H,2-5H2,1H3. The monoisotopic (exact) mass is 210 g/mol. The summed E-state index contributed by atoms with van der Waals surface area (Å²) in [5.41, 5.74) is 0. The zero-order valence-corrected chi connectivity index (χ0v) is 7.90. The summed E-state index contributed by atoms with van der Waals surface area (Å²) in [5.74, 6) is -0.0736. The van der Waals surface area contributed by atoms with Gasteiger partial charge in [-0.15, -0.1) is 0 Å². The number of amides is 1. The van der Waals surface area contributed by atoms with Gasteiger partial charge in [0.15, 0.2) is 0 Å². The number of nitrogens with zero attached hydrogens (tertiary/aromatic N) is 1. The van der Waals surface area contributed by atoms with E-state index in [1.165, 1.54) is 6.92 Å². The highest BCUT2D eigenvalue weighted by molar-refractivity contribution is 5.73. The van der Waals surface area contributed by atoms with Crippen molar-refractivity contribution in [1.29, 1.82) is 0 Å². The Morgan fingerprint density at radius 2 is 1.86 bits per heavy atom. The lowest BCUT2D eigenvalue weighted by Gasteiger charge is -2.32. The van der Waals surface area contributed by atoms with Crippen molar-refractivity contribution < 1.29 is 18.0 Å². The molecule has 1 saturated heterocycles. The number of carbonyl (C=O) groups excluding carboxylic acids is 1. The molecule has 0 saturated carbocycles. The van der Waals surface area contributed by atoms with Crippen molar-refractivity contribution in [2.75, 3.05) is 13.1 Å². The summed E-state index contributed by atoms with van der Waals surface area (Å²) >= 11 is 0. The van der Waals surface area contributed by atoms with Gasteiger partial charge in [-0.25, -0.2) is 5.32 Å². The van der Waals surface area contributed by atoms with Crippen molar-refractivity contribution in [2.24, 2.45) is 0 Å². The molecule has 0 aromatic rings. The molecule has 1 heterocycles. The summed E-state index contributed by atoms with van der Waals surface area (Å²) in [4.78, 5) is 12.4. The first kappa shape index (κ1) is 11.3. The van der Waals surface area contributed by atoms with Crippen LogP contribution in [0.2, 0.25) is 0 Å². The second-order valence-electron chi connectivity index (χ2n) is 3.42. The highest BCUT2D eigenvalue weighted by atomic mass is 19.4. The molecule has 0 aromatic heterocycles. The number of alkyl halides is 3. The molecular formula is C8H13F3N2O. The van der Waals surface area contributed by atoms with Crippen LogP contribution in [0.5, 0.6) is 0 Å². The van der Waals surface area contributed by atoms with Gasteiger partial charge >= 0.3 is 6.30 Å². The first-order valence-corrected chi connectivity index (χ1v) is 4.48. The summed E-state index contributed by atoms with van der Waals surface area (Å²) in [6.07, 6.45) is -3.60. The van der Waals surface area contributed by atoms with Crippen LogP contribution in [0.15, 0.2) is 0 Å². The lowest BCUT2D eigenvalue weighted by Crippen LogP contribution is -2.48. The quantitative estimate of drug-likeness (QED) is 0.657. The van der Waals surface area contributed by atoms with Crippen LogP contribution < -0.4 is 5.32 Å². The molecule has 14 heavy (non-hydrogen) atoms. The molecule has 6 heteroatoms. The molecule has 1 amide bonds. The van der Waals surface area contributed by atoms with E-state index in [0.717, 1.165) is 0 Å². The van der Waals surface area contributed by atoms with Crippen LogP contribution in [0.25, 0.3) is 0 Å². The Hall–Kier alpha value is -0.780. The minimum absolute atomic E-state index is 0.0736. The number of hydrogen-bond donors (Lipinski definition) is 1. The minimum Gasteiger partial charge on any atom is -0.343 e. The van der Waals surface area contributed by atoms with Crippen LogP contribution in [0.3, 0.4) is 0 Å². The van der Waals surface area contributed by atoms with Gasteiger partial charge in [-0.2, -0.15) is 13.2 Å². The predicted octanol–water partition coefficient (Wildman–Crippen LogP) is 1.11. The van der Waals surface area contributed by atoms with E-state index in [1.54, 1.807) is 10.2 Å². The molecule has 1 fully saturated rings. The Labute approximate surface area is 80.3 Å². The fourth-order valence-corrected chi connectivity index (χ4v) is 1.57. The van der Waals surface area contributed by atoms with Crippen molar-refractivity contribution in [3.8, 4) is 0 Å².